The van der Waals surface area contributed by atoms with Crippen molar-refractivity contribution in [1.29, 1.82) is 0 Å². The second-order valence-corrected chi connectivity index (χ2v) is 6.67. The topological polar surface area (TPSA) is 49.4 Å². The molecule has 2 amide bonds. The maximum Gasteiger partial charge on any atom is 0.230 e. The first-order valence-electron chi connectivity index (χ1n) is 6.91. The highest BCUT2D eigenvalue weighted by molar-refractivity contribution is 7.98. The van der Waals surface area contributed by atoms with Gasteiger partial charge in [0.15, 0.2) is 0 Å². The molecule has 19 heavy (non-hydrogen) atoms. The lowest BCUT2D eigenvalue weighted by Gasteiger charge is -2.31. The summed E-state index contributed by atoms with van der Waals surface area (Å²) < 4.78 is 0. The van der Waals surface area contributed by atoms with Crippen molar-refractivity contribution in [3.8, 4) is 0 Å². The summed E-state index contributed by atoms with van der Waals surface area (Å²) in [5.41, 5.74) is -0.363. The number of hydrogen-bond donors (Lipinski definition) is 1. The minimum atomic E-state index is -0.363. The van der Waals surface area contributed by atoms with E-state index in [9.17, 15) is 9.59 Å². The maximum absolute atomic E-state index is 12.3. The highest BCUT2D eigenvalue weighted by atomic mass is 32.2. The van der Waals surface area contributed by atoms with Crippen LogP contribution in [0.2, 0.25) is 0 Å². The van der Waals surface area contributed by atoms with Crippen LogP contribution in [0.5, 0.6) is 0 Å². The van der Waals surface area contributed by atoms with E-state index in [2.05, 4.69) is 5.32 Å². The molecule has 1 aliphatic carbocycles. The first kappa shape index (κ1) is 16.3. The van der Waals surface area contributed by atoms with Crippen molar-refractivity contribution in [2.45, 2.75) is 32.6 Å². The quantitative estimate of drug-likeness (QED) is 0.809. The third-order valence-corrected chi connectivity index (χ3v) is 4.72. The highest BCUT2D eigenvalue weighted by Crippen LogP contribution is 2.38. The summed E-state index contributed by atoms with van der Waals surface area (Å²) in [5.74, 6) is 1.04. The number of nitrogens with one attached hydrogen (secondary N) is 1. The number of nitrogens with zero attached hydrogens (tertiary/aromatic N) is 1. The second kappa shape index (κ2) is 7.17. The van der Waals surface area contributed by atoms with Gasteiger partial charge in [-0.1, -0.05) is 19.8 Å². The van der Waals surface area contributed by atoms with Crippen LogP contribution in [0.4, 0.5) is 0 Å². The van der Waals surface area contributed by atoms with Crippen LogP contribution >= 0.6 is 11.8 Å². The van der Waals surface area contributed by atoms with Gasteiger partial charge in [-0.05, 0) is 19.1 Å². The highest BCUT2D eigenvalue weighted by Gasteiger charge is 2.42. The Morgan fingerprint density at radius 3 is 2.37 bits per heavy atom. The lowest BCUT2D eigenvalue weighted by Crippen LogP contribution is -2.47. The molecule has 1 N–H and O–H groups in total. The first-order valence-corrected chi connectivity index (χ1v) is 8.31. The Morgan fingerprint density at radius 1 is 1.32 bits per heavy atom. The van der Waals surface area contributed by atoms with Crippen LogP contribution in [0.15, 0.2) is 0 Å². The van der Waals surface area contributed by atoms with Gasteiger partial charge in [0.05, 0.1) is 5.41 Å². The molecule has 5 heteroatoms. The Balaban J connectivity index is 2.60. The van der Waals surface area contributed by atoms with Gasteiger partial charge in [-0.2, -0.15) is 11.8 Å². The summed E-state index contributed by atoms with van der Waals surface area (Å²) in [7, 11) is 3.58. The number of hydrogen-bond acceptors (Lipinski definition) is 3. The molecule has 1 rings (SSSR count). The van der Waals surface area contributed by atoms with Crippen molar-refractivity contribution >= 4 is 23.6 Å². The Labute approximate surface area is 120 Å². The fourth-order valence-corrected chi connectivity index (χ4v) is 3.40. The Morgan fingerprint density at radius 2 is 1.89 bits per heavy atom. The summed E-state index contributed by atoms with van der Waals surface area (Å²) in [4.78, 5) is 26.0. The lowest BCUT2D eigenvalue weighted by molar-refractivity contribution is -0.139. The Bertz CT molecular complexity index is 325. The van der Waals surface area contributed by atoms with E-state index in [0.717, 1.165) is 31.4 Å². The van der Waals surface area contributed by atoms with Crippen LogP contribution in [-0.4, -0.2) is 49.4 Å². The van der Waals surface area contributed by atoms with Crippen molar-refractivity contribution in [2.75, 3.05) is 32.6 Å². The number of carbonyl (C=O) groups excluding carboxylic acids is 2. The molecule has 0 aliphatic heterocycles. The van der Waals surface area contributed by atoms with Gasteiger partial charge in [-0.3, -0.25) is 9.59 Å². The minimum Gasteiger partial charge on any atom is -0.355 e. The van der Waals surface area contributed by atoms with E-state index >= 15 is 0 Å². The summed E-state index contributed by atoms with van der Waals surface area (Å²) >= 11 is 1.67. The summed E-state index contributed by atoms with van der Waals surface area (Å²) in [6.07, 6.45) is 5.94. The molecule has 1 aliphatic rings. The zero-order chi connectivity index (χ0) is 14.5. The van der Waals surface area contributed by atoms with Crippen molar-refractivity contribution in [1.82, 2.24) is 10.2 Å². The molecule has 1 saturated carbocycles. The molecule has 0 aromatic carbocycles. The first-order chi connectivity index (χ1) is 8.93. The molecule has 0 spiro atoms. The fourth-order valence-electron chi connectivity index (χ4n) is 2.75. The van der Waals surface area contributed by atoms with Gasteiger partial charge in [0, 0.05) is 32.3 Å². The van der Waals surface area contributed by atoms with Gasteiger partial charge in [-0.25, -0.2) is 0 Å². The smallest absolute Gasteiger partial charge is 0.230 e. The Kier molecular flexibility index (Phi) is 6.17. The van der Waals surface area contributed by atoms with Crippen LogP contribution in [0.1, 0.15) is 32.6 Å². The predicted molar refractivity (Wildman–Crippen MR) is 80.2 cm³/mol. The maximum atomic E-state index is 12.3. The van der Waals surface area contributed by atoms with Crippen molar-refractivity contribution in [2.24, 2.45) is 11.3 Å². The number of thioether (sulfide) groups is 1. The summed E-state index contributed by atoms with van der Waals surface area (Å²) in [6, 6.07) is 0. The fraction of sp³-hybridized carbons (Fsp3) is 0.857. The molecule has 0 bridgehead atoms. The van der Waals surface area contributed by atoms with Gasteiger partial charge in [0.25, 0.3) is 0 Å². The molecule has 0 saturated heterocycles. The molecular formula is C14H26N2O2S. The zero-order valence-electron chi connectivity index (χ0n) is 12.5. The monoisotopic (exact) mass is 286 g/mol. The normalized spacial score (nSPS) is 18.9. The third-order valence-electron chi connectivity index (χ3n) is 3.89. The number of carbonyl (C=O) groups is 2. The SMILES string of the molecule is CSCC(C)C(=O)NCC1(C(=O)N(C)C)CCCC1. The van der Waals surface area contributed by atoms with Crippen LogP contribution in [0, 0.1) is 11.3 Å². The lowest BCUT2D eigenvalue weighted by atomic mass is 9.84. The van der Waals surface area contributed by atoms with Crippen LogP contribution in [0.3, 0.4) is 0 Å². The average molecular weight is 286 g/mol. The largest absolute Gasteiger partial charge is 0.355 e. The Hall–Kier alpha value is -0.710. The summed E-state index contributed by atoms with van der Waals surface area (Å²) in [5, 5.41) is 2.99. The molecule has 1 fully saturated rings. The van der Waals surface area contributed by atoms with Crippen LogP contribution in [-0.2, 0) is 9.59 Å². The van der Waals surface area contributed by atoms with E-state index in [0.29, 0.717) is 6.54 Å². The second-order valence-electron chi connectivity index (χ2n) is 5.76. The van der Waals surface area contributed by atoms with Gasteiger partial charge >= 0.3 is 0 Å². The third kappa shape index (κ3) is 4.13. The van der Waals surface area contributed by atoms with Gasteiger partial charge in [0.2, 0.25) is 11.8 Å². The van der Waals surface area contributed by atoms with E-state index in [1.54, 1.807) is 30.8 Å². The van der Waals surface area contributed by atoms with Gasteiger partial charge < -0.3 is 10.2 Å². The molecule has 1 unspecified atom stereocenters. The zero-order valence-corrected chi connectivity index (χ0v) is 13.3. The van der Waals surface area contributed by atoms with E-state index in [-0.39, 0.29) is 23.1 Å². The van der Waals surface area contributed by atoms with Crippen molar-refractivity contribution < 1.29 is 9.59 Å². The predicted octanol–water partition coefficient (Wildman–Crippen LogP) is 1.75. The van der Waals surface area contributed by atoms with E-state index in [4.69, 9.17) is 0 Å². The van der Waals surface area contributed by atoms with Gasteiger partial charge in [-0.15, -0.1) is 0 Å². The van der Waals surface area contributed by atoms with Crippen LogP contribution in [0.25, 0.3) is 0 Å². The molecule has 0 aromatic rings. The standard InChI is InChI=1S/C14H26N2O2S/c1-11(9-19-4)12(17)15-10-14(7-5-6-8-14)13(18)16(2)3/h11H,5-10H2,1-4H3,(H,15,17). The average Bonchev–Trinajstić information content (AvgIpc) is 2.85. The minimum absolute atomic E-state index is 0.00270. The van der Waals surface area contributed by atoms with Crippen molar-refractivity contribution in [3.63, 3.8) is 0 Å². The molecule has 1 atom stereocenters. The molecule has 110 valence electrons. The number of amides is 2. The number of rotatable bonds is 6. The molecule has 0 radical (unpaired) electrons. The molecule has 0 aromatic heterocycles. The van der Waals surface area contributed by atoms with Gasteiger partial charge in [0.1, 0.15) is 0 Å². The van der Waals surface area contributed by atoms with E-state index < -0.39 is 0 Å². The van der Waals surface area contributed by atoms with E-state index in [1.807, 2.05) is 13.2 Å². The summed E-state index contributed by atoms with van der Waals surface area (Å²) in [6.45, 7) is 2.42. The molecular weight excluding hydrogens is 260 g/mol. The van der Waals surface area contributed by atoms with E-state index in [1.165, 1.54) is 0 Å². The molecule has 0 heterocycles. The van der Waals surface area contributed by atoms with Crippen molar-refractivity contribution in [3.05, 3.63) is 0 Å². The van der Waals surface area contributed by atoms with Crippen LogP contribution < -0.4 is 5.32 Å². The molecule has 4 nitrogen and oxygen atoms in total.